The van der Waals surface area contributed by atoms with E-state index in [1.807, 2.05) is 19.2 Å². The number of halogens is 1. The number of benzene rings is 1. The van der Waals surface area contributed by atoms with Gasteiger partial charge in [-0.25, -0.2) is 0 Å². The average Bonchev–Trinajstić information content (AvgIpc) is 2.91. The molecule has 4 heteroatoms. The van der Waals surface area contributed by atoms with E-state index in [0.717, 1.165) is 29.1 Å². The van der Waals surface area contributed by atoms with E-state index in [1.165, 1.54) is 24.3 Å². The van der Waals surface area contributed by atoms with Gasteiger partial charge in [0.2, 0.25) is 0 Å². The van der Waals surface area contributed by atoms with Gasteiger partial charge in [0.1, 0.15) is 5.76 Å². The largest absolute Gasteiger partial charge is 0.458 e. The minimum Gasteiger partial charge on any atom is -0.458 e. The molecule has 3 rings (SSSR count). The molecule has 1 N–H and O–H groups in total. The number of fused-ring (bicyclic) bond motifs is 1. The van der Waals surface area contributed by atoms with Crippen LogP contribution in [0.15, 0.2) is 28.7 Å². The lowest BCUT2D eigenvalue weighted by atomic mass is 9.93. The molecule has 0 radical (unpaired) electrons. The maximum Gasteiger partial charge on any atom is 0.152 e. The zero-order chi connectivity index (χ0) is 13.9. The summed E-state index contributed by atoms with van der Waals surface area (Å²) in [6.07, 6.45) is 3.79. The summed E-state index contributed by atoms with van der Waals surface area (Å²) in [6.45, 7) is 0. The number of rotatable bonds is 4. The van der Waals surface area contributed by atoms with Crippen molar-refractivity contribution in [3.63, 3.8) is 0 Å². The summed E-state index contributed by atoms with van der Waals surface area (Å²) in [5, 5.41) is 5.18. The SMILES string of the molecule is CNC(CC1CCSCC1)c1cc2cccc(Cl)c2o1. The van der Waals surface area contributed by atoms with Gasteiger partial charge < -0.3 is 9.73 Å². The van der Waals surface area contributed by atoms with E-state index in [2.05, 4.69) is 29.2 Å². The van der Waals surface area contributed by atoms with E-state index in [9.17, 15) is 0 Å². The predicted octanol–water partition coefficient (Wildman–Crippen LogP) is 4.88. The topological polar surface area (TPSA) is 25.2 Å². The highest BCUT2D eigenvalue weighted by molar-refractivity contribution is 7.99. The highest BCUT2D eigenvalue weighted by atomic mass is 35.5. The Morgan fingerprint density at radius 2 is 2.20 bits per heavy atom. The zero-order valence-electron chi connectivity index (χ0n) is 11.7. The molecule has 1 unspecified atom stereocenters. The third-order valence-electron chi connectivity index (χ3n) is 4.12. The van der Waals surface area contributed by atoms with Crippen molar-refractivity contribution >= 4 is 34.3 Å². The molecule has 2 heterocycles. The van der Waals surface area contributed by atoms with Crippen LogP contribution in [0.25, 0.3) is 11.0 Å². The van der Waals surface area contributed by atoms with Crippen molar-refractivity contribution in [2.24, 2.45) is 5.92 Å². The van der Waals surface area contributed by atoms with Crippen LogP contribution in [0.2, 0.25) is 5.02 Å². The van der Waals surface area contributed by atoms with E-state index in [4.69, 9.17) is 16.0 Å². The van der Waals surface area contributed by atoms with Gasteiger partial charge in [-0.1, -0.05) is 23.7 Å². The number of furan rings is 1. The molecule has 108 valence electrons. The molecule has 20 heavy (non-hydrogen) atoms. The molecule has 1 aliphatic rings. The Balaban J connectivity index is 1.81. The molecular weight excluding hydrogens is 290 g/mol. The second-order valence-corrected chi connectivity index (χ2v) is 7.07. The number of hydrogen-bond donors (Lipinski definition) is 1. The Bertz CT molecular complexity index is 577. The molecule has 1 aromatic heterocycles. The van der Waals surface area contributed by atoms with Gasteiger partial charge in [-0.15, -0.1) is 0 Å². The van der Waals surface area contributed by atoms with Gasteiger partial charge >= 0.3 is 0 Å². The highest BCUT2D eigenvalue weighted by Crippen LogP contribution is 2.34. The fourth-order valence-electron chi connectivity index (χ4n) is 2.91. The predicted molar refractivity (Wildman–Crippen MR) is 87.7 cm³/mol. The fourth-order valence-corrected chi connectivity index (χ4v) is 4.34. The van der Waals surface area contributed by atoms with Gasteiger partial charge in [-0.3, -0.25) is 0 Å². The molecule has 1 saturated heterocycles. The first-order valence-corrected chi connectivity index (χ1v) is 8.74. The molecule has 2 nitrogen and oxygen atoms in total. The first kappa shape index (κ1) is 14.3. The average molecular weight is 310 g/mol. The van der Waals surface area contributed by atoms with Gasteiger partial charge in [0, 0.05) is 5.39 Å². The Kier molecular flexibility index (Phi) is 4.59. The van der Waals surface area contributed by atoms with Crippen LogP contribution in [0.1, 0.15) is 31.1 Å². The summed E-state index contributed by atoms with van der Waals surface area (Å²) in [5.74, 6) is 4.41. The second-order valence-electron chi connectivity index (χ2n) is 5.44. The normalized spacial score (nSPS) is 18.5. The number of nitrogens with one attached hydrogen (secondary N) is 1. The Morgan fingerprint density at radius 1 is 1.40 bits per heavy atom. The number of thioether (sulfide) groups is 1. The van der Waals surface area contributed by atoms with E-state index in [-0.39, 0.29) is 6.04 Å². The zero-order valence-corrected chi connectivity index (χ0v) is 13.3. The summed E-state index contributed by atoms with van der Waals surface area (Å²) in [4.78, 5) is 0. The number of para-hydroxylation sites is 1. The first-order valence-electron chi connectivity index (χ1n) is 7.21. The maximum absolute atomic E-state index is 6.19. The maximum atomic E-state index is 6.19. The van der Waals surface area contributed by atoms with Crippen molar-refractivity contribution in [3.8, 4) is 0 Å². The number of hydrogen-bond acceptors (Lipinski definition) is 3. The fraction of sp³-hybridized carbons (Fsp3) is 0.500. The van der Waals surface area contributed by atoms with Gasteiger partial charge in [0.15, 0.2) is 5.58 Å². The summed E-state index contributed by atoms with van der Waals surface area (Å²) < 4.78 is 5.99. The molecule has 0 bridgehead atoms. The van der Waals surface area contributed by atoms with Crippen molar-refractivity contribution in [2.75, 3.05) is 18.6 Å². The van der Waals surface area contributed by atoms with Crippen LogP contribution in [0.5, 0.6) is 0 Å². The third kappa shape index (κ3) is 3.00. The monoisotopic (exact) mass is 309 g/mol. The highest BCUT2D eigenvalue weighted by Gasteiger charge is 2.22. The molecule has 0 saturated carbocycles. The molecule has 0 spiro atoms. The van der Waals surface area contributed by atoms with Crippen LogP contribution in [-0.2, 0) is 0 Å². The van der Waals surface area contributed by atoms with E-state index < -0.39 is 0 Å². The molecule has 1 aliphatic heterocycles. The standard InChI is InChI=1S/C16H20ClNOS/c1-18-14(9-11-5-7-20-8-6-11)15-10-12-3-2-4-13(17)16(12)19-15/h2-4,10-11,14,18H,5-9H2,1H3. The van der Waals surface area contributed by atoms with Crippen LogP contribution >= 0.6 is 23.4 Å². The van der Waals surface area contributed by atoms with Crippen molar-refractivity contribution in [3.05, 3.63) is 35.0 Å². The minimum atomic E-state index is 0.284. The molecule has 0 aliphatic carbocycles. The van der Waals surface area contributed by atoms with Crippen LogP contribution in [0.3, 0.4) is 0 Å². The lowest BCUT2D eigenvalue weighted by Crippen LogP contribution is -2.21. The van der Waals surface area contributed by atoms with Gasteiger partial charge in [0.05, 0.1) is 11.1 Å². The minimum absolute atomic E-state index is 0.284. The molecule has 2 aromatic rings. The third-order valence-corrected chi connectivity index (χ3v) is 5.46. The molecule has 0 amide bonds. The van der Waals surface area contributed by atoms with Crippen LogP contribution in [0.4, 0.5) is 0 Å². The van der Waals surface area contributed by atoms with Crippen molar-refractivity contribution in [2.45, 2.75) is 25.3 Å². The smallest absolute Gasteiger partial charge is 0.152 e. The molecular formula is C16H20ClNOS. The van der Waals surface area contributed by atoms with Crippen LogP contribution in [-0.4, -0.2) is 18.6 Å². The van der Waals surface area contributed by atoms with Gasteiger partial charge in [0.25, 0.3) is 0 Å². The summed E-state index contributed by atoms with van der Waals surface area (Å²) in [5.41, 5.74) is 0.809. The Labute approximate surface area is 129 Å². The van der Waals surface area contributed by atoms with E-state index in [1.54, 1.807) is 0 Å². The van der Waals surface area contributed by atoms with Gasteiger partial charge in [-0.05, 0) is 55.9 Å². The Morgan fingerprint density at radius 3 is 2.90 bits per heavy atom. The summed E-state index contributed by atoms with van der Waals surface area (Å²) in [6, 6.07) is 8.31. The van der Waals surface area contributed by atoms with Crippen molar-refractivity contribution in [1.29, 1.82) is 0 Å². The lowest BCUT2D eigenvalue weighted by Gasteiger charge is -2.25. The van der Waals surface area contributed by atoms with Crippen LogP contribution in [0, 0.1) is 5.92 Å². The molecule has 1 atom stereocenters. The molecule has 1 aromatic carbocycles. The summed E-state index contributed by atoms with van der Waals surface area (Å²) in [7, 11) is 2.01. The lowest BCUT2D eigenvalue weighted by molar-refractivity contribution is 0.347. The molecule has 1 fully saturated rings. The van der Waals surface area contributed by atoms with Crippen LogP contribution < -0.4 is 5.32 Å². The van der Waals surface area contributed by atoms with Crippen molar-refractivity contribution in [1.82, 2.24) is 5.32 Å². The van der Waals surface area contributed by atoms with E-state index >= 15 is 0 Å². The van der Waals surface area contributed by atoms with Gasteiger partial charge in [-0.2, -0.15) is 11.8 Å². The second kappa shape index (κ2) is 6.42. The Hall–Kier alpha value is -0.640. The van der Waals surface area contributed by atoms with E-state index in [0.29, 0.717) is 5.02 Å². The quantitative estimate of drug-likeness (QED) is 0.871. The summed E-state index contributed by atoms with van der Waals surface area (Å²) >= 11 is 8.27. The van der Waals surface area contributed by atoms with Crippen molar-refractivity contribution < 1.29 is 4.42 Å². The first-order chi connectivity index (χ1) is 9.78.